The Kier molecular flexibility index (Phi) is 2.25. The monoisotopic (exact) mass is 267 g/mol. The maximum atomic E-state index is 6.18. The molecule has 1 saturated heterocycles. The van der Waals surface area contributed by atoms with Crippen LogP contribution in [0.4, 0.5) is 0 Å². The first kappa shape index (κ1) is 9.67. The van der Waals surface area contributed by atoms with E-state index in [2.05, 4.69) is 39.4 Å². The van der Waals surface area contributed by atoms with Crippen molar-refractivity contribution in [2.24, 2.45) is 0 Å². The molecule has 0 radical (unpaired) electrons. The van der Waals surface area contributed by atoms with E-state index in [0.717, 1.165) is 42.6 Å². The standard InChI is InChI=1S/C12H14BrNO/c13-10-3-1-2-9-8-12(15-11(9)10)4-6-14-7-5-12/h1-3,14H,4-8H2. The van der Waals surface area contributed by atoms with Crippen LogP contribution < -0.4 is 10.1 Å². The van der Waals surface area contributed by atoms with Crippen molar-refractivity contribution in [3.63, 3.8) is 0 Å². The van der Waals surface area contributed by atoms with Crippen LogP contribution in [-0.4, -0.2) is 18.7 Å². The summed E-state index contributed by atoms with van der Waals surface area (Å²) in [5.41, 5.74) is 1.43. The van der Waals surface area contributed by atoms with Crippen LogP contribution >= 0.6 is 15.9 Å². The molecule has 80 valence electrons. The van der Waals surface area contributed by atoms with Gasteiger partial charge in [0.1, 0.15) is 11.4 Å². The van der Waals surface area contributed by atoms with E-state index in [1.807, 2.05) is 0 Å². The summed E-state index contributed by atoms with van der Waals surface area (Å²) >= 11 is 3.56. The number of hydrogen-bond donors (Lipinski definition) is 1. The normalized spacial score (nSPS) is 22.5. The van der Waals surface area contributed by atoms with Crippen molar-refractivity contribution in [2.45, 2.75) is 24.9 Å². The van der Waals surface area contributed by atoms with E-state index in [4.69, 9.17) is 4.74 Å². The number of rotatable bonds is 0. The molecule has 15 heavy (non-hydrogen) atoms. The van der Waals surface area contributed by atoms with Gasteiger partial charge in [0.25, 0.3) is 0 Å². The van der Waals surface area contributed by atoms with Crippen molar-refractivity contribution in [1.29, 1.82) is 0 Å². The van der Waals surface area contributed by atoms with Crippen molar-refractivity contribution in [3.05, 3.63) is 28.2 Å². The second-order valence-electron chi connectivity index (χ2n) is 4.44. The quantitative estimate of drug-likeness (QED) is 0.780. The van der Waals surface area contributed by atoms with Gasteiger partial charge in [0, 0.05) is 6.42 Å². The topological polar surface area (TPSA) is 21.3 Å². The van der Waals surface area contributed by atoms with Gasteiger partial charge in [-0.05, 0) is 53.5 Å². The molecule has 2 aliphatic rings. The molecule has 2 nitrogen and oxygen atoms in total. The maximum Gasteiger partial charge on any atom is 0.137 e. The van der Waals surface area contributed by atoms with Gasteiger partial charge in [-0.25, -0.2) is 0 Å². The van der Waals surface area contributed by atoms with Crippen LogP contribution in [0.2, 0.25) is 0 Å². The largest absolute Gasteiger partial charge is 0.485 e. The molecule has 0 unspecified atom stereocenters. The Morgan fingerprint density at radius 1 is 1.27 bits per heavy atom. The number of ether oxygens (including phenoxy) is 1. The average Bonchev–Trinajstić information content (AvgIpc) is 2.59. The summed E-state index contributed by atoms with van der Waals surface area (Å²) in [6, 6.07) is 6.32. The molecule has 0 amide bonds. The van der Waals surface area contributed by atoms with Gasteiger partial charge in [0.15, 0.2) is 0 Å². The summed E-state index contributed by atoms with van der Waals surface area (Å²) in [4.78, 5) is 0. The fourth-order valence-electron chi connectivity index (χ4n) is 2.57. The van der Waals surface area contributed by atoms with Crippen LogP contribution in [0.15, 0.2) is 22.7 Å². The van der Waals surface area contributed by atoms with E-state index in [9.17, 15) is 0 Å². The zero-order valence-corrected chi connectivity index (χ0v) is 10.1. The van der Waals surface area contributed by atoms with E-state index in [1.165, 1.54) is 5.56 Å². The van der Waals surface area contributed by atoms with E-state index < -0.39 is 0 Å². The van der Waals surface area contributed by atoms with Crippen LogP contribution in [-0.2, 0) is 6.42 Å². The van der Waals surface area contributed by atoms with Crippen molar-refractivity contribution < 1.29 is 4.74 Å². The third-order valence-corrected chi connectivity index (χ3v) is 4.02. The van der Waals surface area contributed by atoms with Crippen molar-refractivity contribution in [1.82, 2.24) is 5.32 Å². The molecule has 3 rings (SSSR count). The number of halogens is 1. The molecule has 2 aliphatic heterocycles. The lowest BCUT2D eigenvalue weighted by Gasteiger charge is -2.33. The molecule has 1 aromatic carbocycles. The second kappa shape index (κ2) is 3.49. The smallest absolute Gasteiger partial charge is 0.137 e. The summed E-state index contributed by atoms with van der Waals surface area (Å²) in [6.45, 7) is 2.15. The fourth-order valence-corrected chi connectivity index (χ4v) is 3.06. The van der Waals surface area contributed by atoms with Crippen LogP contribution in [0.25, 0.3) is 0 Å². The molecule has 1 aromatic rings. The second-order valence-corrected chi connectivity index (χ2v) is 5.29. The first-order valence-corrected chi connectivity index (χ1v) is 6.26. The number of nitrogens with one attached hydrogen (secondary N) is 1. The molecule has 1 spiro atoms. The molecule has 0 saturated carbocycles. The van der Waals surface area contributed by atoms with Crippen LogP contribution in [0, 0.1) is 0 Å². The molecule has 1 fully saturated rings. The lowest BCUT2D eigenvalue weighted by Crippen LogP contribution is -2.45. The van der Waals surface area contributed by atoms with E-state index in [0.29, 0.717) is 0 Å². The Labute approximate surface area is 98.1 Å². The molecule has 0 aliphatic carbocycles. The first-order valence-electron chi connectivity index (χ1n) is 5.46. The van der Waals surface area contributed by atoms with E-state index in [1.54, 1.807) is 0 Å². The molecular formula is C12H14BrNO. The molecular weight excluding hydrogens is 254 g/mol. The number of para-hydroxylation sites is 1. The van der Waals surface area contributed by atoms with E-state index in [-0.39, 0.29) is 5.60 Å². The zero-order valence-electron chi connectivity index (χ0n) is 8.55. The van der Waals surface area contributed by atoms with Crippen molar-refractivity contribution >= 4 is 15.9 Å². The summed E-state index contributed by atoms with van der Waals surface area (Å²) in [7, 11) is 0. The maximum absolute atomic E-state index is 6.18. The van der Waals surface area contributed by atoms with Gasteiger partial charge in [0.05, 0.1) is 4.47 Å². The minimum absolute atomic E-state index is 0.0808. The van der Waals surface area contributed by atoms with Crippen molar-refractivity contribution in [3.8, 4) is 5.75 Å². The molecule has 2 heterocycles. The highest BCUT2D eigenvalue weighted by Gasteiger charge is 2.40. The zero-order chi connectivity index (χ0) is 10.3. The highest BCUT2D eigenvalue weighted by molar-refractivity contribution is 9.10. The highest BCUT2D eigenvalue weighted by Crippen LogP contribution is 2.43. The van der Waals surface area contributed by atoms with E-state index >= 15 is 0 Å². The number of fused-ring (bicyclic) bond motifs is 1. The Bertz CT molecular complexity index is 385. The number of piperidine rings is 1. The summed E-state index contributed by atoms with van der Waals surface area (Å²) in [6.07, 6.45) is 3.31. The summed E-state index contributed by atoms with van der Waals surface area (Å²) in [5, 5.41) is 3.39. The predicted octanol–water partition coefficient (Wildman–Crippen LogP) is 2.51. The summed E-state index contributed by atoms with van der Waals surface area (Å²) in [5.74, 6) is 1.07. The third-order valence-electron chi connectivity index (χ3n) is 3.39. The predicted molar refractivity (Wildman–Crippen MR) is 63.3 cm³/mol. The van der Waals surface area contributed by atoms with Crippen LogP contribution in [0.5, 0.6) is 5.75 Å². The average molecular weight is 268 g/mol. The van der Waals surface area contributed by atoms with Gasteiger partial charge in [-0.3, -0.25) is 0 Å². The van der Waals surface area contributed by atoms with Crippen LogP contribution in [0.3, 0.4) is 0 Å². The van der Waals surface area contributed by atoms with Crippen LogP contribution in [0.1, 0.15) is 18.4 Å². The first-order chi connectivity index (χ1) is 7.29. The van der Waals surface area contributed by atoms with Gasteiger partial charge >= 0.3 is 0 Å². The molecule has 0 aromatic heterocycles. The lowest BCUT2D eigenvalue weighted by atomic mass is 9.88. The fraction of sp³-hybridized carbons (Fsp3) is 0.500. The molecule has 0 bridgehead atoms. The third kappa shape index (κ3) is 1.58. The Hall–Kier alpha value is -0.540. The minimum atomic E-state index is 0.0808. The lowest BCUT2D eigenvalue weighted by molar-refractivity contribution is 0.0594. The number of benzene rings is 1. The minimum Gasteiger partial charge on any atom is -0.485 e. The highest BCUT2D eigenvalue weighted by atomic mass is 79.9. The Morgan fingerprint density at radius 2 is 2.07 bits per heavy atom. The SMILES string of the molecule is Brc1cccc2c1OC1(CCNCC1)C2. The Balaban J connectivity index is 1.94. The van der Waals surface area contributed by atoms with Gasteiger partial charge < -0.3 is 10.1 Å². The van der Waals surface area contributed by atoms with Crippen molar-refractivity contribution in [2.75, 3.05) is 13.1 Å². The summed E-state index contributed by atoms with van der Waals surface area (Å²) < 4.78 is 7.27. The van der Waals surface area contributed by atoms with Gasteiger partial charge in [-0.15, -0.1) is 0 Å². The molecule has 1 N–H and O–H groups in total. The molecule has 0 atom stereocenters. The van der Waals surface area contributed by atoms with Gasteiger partial charge in [-0.1, -0.05) is 12.1 Å². The molecule has 3 heteroatoms. The van der Waals surface area contributed by atoms with Gasteiger partial charge in [-0.2, -0.15) is 0 Å². The van der Waals surface area contributed by atoms with Gasteiger partial charge in [0.2, 0.25) is 0 Å². The Morgan fingerprint density at radius 3 is 2.80 bits per heavy atom. The number of hydrogen-bond acceptors (Lipinski definition) is 2.